The lowest BCUT2D eigenvalue weighted by Crippen LogP contribution is -2.44. The van der Waals surface area contributed by atoms with Gasteiger partial charge in [0.1, 0.15) is 5.54 Å². The van der Waals surface area contributed by atoms with Crippen LogP contribution in [0.3, 0.4) is 0 Å². The van der Waals surface area contributed by atoms with Gasteiger partial charge in [0.15, 0.2) is 0 Å². The summed E-state index contributed by atoms with van der Waals surface area (Å²) in [6, 6.07) is 6.88. The standard InChI is InChI=1S/C19H24ClN3O3/c1-13(14-6-4-7-15(20)12-14)21-16(24)8-5-11-23-17(25)19(22-18(23)26)9-2-3-10-19/h4,6-7,12-13H,2-3,5,8-11H2,1H3,(H,21,24)(H,22,26). The van der Waals surface area contributed by atoms with Gasteiger partial charge in [-0.3, -0.25) is 14.5 Å². The maximum atomic E-state index is 12.5. The van der Waals surface area contributed by atoms with Crippen molar-refractivity contribution in [3.05, 3.63) is 34.9 Å². The summed E-state index contributed by atoms with van der Waals surface area (Å²) in [6.07, 6.45) is 4.06. The van der Waals surface area contributed by atoms with E-state index in [0.717, 1.165) is 18.4 Å². The van der Waals surface area contributed by atoms with Gasteiger partial charge in [0.25, 0.3) is 5.91 Å². The number of carbonyl (C=O) groups is 3. The maximum absolute atomic E-state index is 12.5. The van der Waals surface area contributed by atoms with Crippen LogP contribution in [0.25, 0.3) is 0 Å². The van der Waals surface area contributed by atoms with Gasteiger partial charge in [-0.2, -0.15) is 0 Å². The van der Waals surface area contributed by atoms with Gasteiger partial charge in [-0.05, 0) is 43.9 Å². The first-order chi connectivity index (χ1) is 12.4. The van der Waals surface area contributed by atoms with E-state index >= 15 is 0 Å². The topological polar surface area (TPSA) is 78.5 Å². The molecule has 1 saturated carbocycles. The highest BCUT2D eigenvalue weighted by atomic mass is 35.5. The molecule has 0 radical (unpaired) electrons. The van der Waals surface area contributed by atoms with Crippen LogP contribution < -0.4 is 10.6 Å². The SMILES string of the molecule is CC(NC(=O)CCCN1C(=O)NC2(CCCC2)C1=O)c1cccc(Cl)c1. The summed E-state index contributed by atoms with van der Waals surface area (Å²) < 4.78 is 0. The van der Waals surface area contributed by atoms with Crippen molar-refractivity contribution >= 4 is 29.4 Å². The van der Waals surface area contributed by atoms with Crippen molar-refractivity contribution in [2.75, 3.05) is 6.54 Å². The molecule has 1 unspecified atom stereocenters. The zero-order valence-corrected chi connectivity index (χ0v) is 15.6. The molecular weight excluding hydrogens is 354 g/mol. The molecule has 0 aromatic heterocycles. The Bertz CT molecular complexity index is 716. The second-order valence-electron chi connectivity index (χ2n) is 7.12. The molecule has 1 atom stereocenters. The average Bonchev–Trinajstić information content (AvgIpc) is 3.15. The Morgan fingerprint density at radius 2 is 2.08 bits per heavy atom. The molecule has 1 heterocycles. The Balaban J connectivity index is 1.46. The number of nitrogens with zero attached hydrogens (tertiary/aromatic N) is 1. The molecule has 2 aliphatic rings. The van der Waals surface area contributed by atoms with Crippen LogP contribution in [0.1, 0.15) is 57.1 Å². The van der Waals surface area contributed by atoms with Crippen molar-refractivity contribution in [2.24, 2.45) is 0 Å². The fourth-order valence-corrected chi connectivity index (χ4v) is 3.97. The van der Waals surface area contributed by atoms with Crippen molar-refractivity contribution < 1.29 is 14.4 Å². The lowest BCUT2D eigenvalue weighted by Gasteiger charge is -2.20. The number of nitrogens with one attached hydrogen (secondary N) is 2. The zero-order valence-electron chi connectivity index (χ0n) is 14.9. The number of benzene rings is 1. The van der Waals surface area contributed by atoms with Crippen molar-refractivity contribution in [2.45, 2.75) is 57.0 Å². The molecule has 3 rings (SSSR count). The summed E-state index contributed by atoms with van der Waals surface area (Å²) in [6.45, 7) is 2.16. The summed E-state index contributed by atoms with van der Waals surface area (Å²) in [5, 5.41) is 6.40. The number of amides is 4. The number of urea groups is 1. The third-order valence-corrected chi connectivity index (χ3v) is 5.45. The van der Waals surface area contributed by atoms with Crippen molar-refractivity contribution in [1.29, 1.82) is 0 Å². The molecule has 1 aliphatic heterocycles. The Hall–Kier alpha value is -2.08. The lowest BCUT2D eigenvalue weighted by atomic mass is 9.98. The van der Waals surface area contributed by atoms with Gasteiger partial charge in [0, 0.05) is 18.0 Å². The first-order valence-corrected chi connectivity index (χ1v) is 9.48. The van der Waals surface area contributed by atoms with E-state index in [1.807, 2.05) is 25.1 Å². The van der Waals surface area contributed by atoms with Crippen LogP contribution in [0.15, 0.2) is 24.3 Å². The number of halogens is 1. The van der Waals surface area contributed by atoms with E-state index < -0.39 is 5.54 Å². The first-order valence-electron chi connectivity index (χ1n) is 9.10. The minimum atomic E-state index is -0.680. The minimum absolute atomic E-state index is 0.111. The van der Waals surface area contributed by atoms with Crippen LogP contribution in [0, 0.1) is 0 Å². The van der Waals surface area contributed by atoms with E-state index in [-0.39, 0.29) is 36.9 Å². The van der Waals surface area contributed by atoms with Crippen molar-refractivity contribution in [3.8, 4) is 0 Å². The molecule has 1 saturated heterocycles. The first kappa shape index (κ1) is 18.7. The molecule has 4 amide bonds. The Morgan fingerprint density at radius 3 is 2.77 bits per heavy atom. The fraction of sp³-hybridized carbons (Fsp3) is 0.526. The highest BCUT2D eigenvalue weighted by Gasteiger charge is 2.51. The normalized spacial score (nSPS) is 19.7. The Kier molecular flexibility index (Phi) is 5.51. The second kappa shape index (κ2) is 7.66. The number of hydrogen-bond acceptors (Lipinski definition) is 3. The largest absolute Gasteiger partial charge is 0.350 e. The summed E-state index contributed by atoms with van der Waals surface area (Å²) in [5.41, 5.74) is 0.253. The molecule has 1 aromatic rings. The molecule has 2 fully saturated rings. The molecule has 1 spiro atoms. The van der Waals surface area contributed by atoms with Crippen molar-refractivity contribution in [1.82, 2.24) is 15.5 Å². The summed E-state index contributed by atoms with van der Waals surface area (Å²) in [5.74, 6) is -0.243. The van der Waals surface area contributed by atoms with Crippen molar-refractivity contribution in [3.63, 3.8) is 0 Å². The molecule has 1 aromatic carbocycles. The van der Waals surface area contributed by atoms with Gasteiger partial charge < -0.3 is 10.6 Å². The minimum Gasteiger partial charge on any atom is -0.350 e. The van der Waals surface area contributed by atoms with Crippen LogP contribution in [-0.2, 0) is 9.59 Å². The van der Waals surface area contributed by atoms with Crippen LogP contribution in [0.2, 0.25) is 5.02 Å². The van der Waals surface area contributed by atoms with E-state index in [1.54, 1.807) is 6.07 Å². The third kappa shape index (κ3) is 3.85. The quantitative estimate of drug-likeness (QED) is 0.747. The summed E-state index contributed by atoms with van der Waals surface area (Å²) in [4.78, 5) is 38.1. The monoisotopic (exact) mass is 377 g/mol. The van der Waals surface area contributed by atoms with E-state index in [0.29, 0.717) is 24.3 Å². The van der Waals surface area contributed by atoms with Gasteiger partial charge >= 0.3 is 6.03 Å². The fourth-order valence-electron chi connectivity index (χ4n) is 3.77. The van der Waals surface area contributed by atoms with E-state index in [2.05, 4.69) is 10.6 Å². The molecule has 6 nitrogen and oxygen atoms in total. The molecule has 0 bridgehead atoms. The molecule has 26 heavy (non-hydrogen) atoms. The van der Waals surface area contributed by atoms with E-state index in [9.17, 15) is 14.4 Å². The molecular formula is C19H24ClN3O3. The van der Waals surface area contributed by atoms with Gasteiger partial charge in [-0.1, -0.05) is 36.6 Å². The van der Waals surface area contributed by atoms with Gasteiger partial charge in [-0.15, -0.1) is 0 Å². The predicted octanol–water partition coefficient (Wildman–Crippen LogP) is 3.16. The Labute approximate surface area is 158 Å². The highest BCUT2D eigenvalue weighted by Crippen LogP contribution is 2.35. The smallest absolute Gasteiger partial charge is 0.325 e. The van der Waals surface area contributed by atoms with Crippen LogP contribution >= 0.6 is 11.6 Å². The Morgan fingerprint density at radius 1 is 1.35 bits per heavy atom. The van der Waals surface area contributed by atoms with Crippen LogP contribution in [0.5, 0.6) is 0 Å². The second-order valence-corrected chi connectivity index (χ2v) is 7.56. The number of carbonyl (C=O) groups excluding carboxylic acids is 3. The average molecular weight is 378 g/mol. The van der Waals surface area contributed by atoms with Gasteiger partial charge in [0.2, 0.25) is 5.91 Å². The lowest BCUT2D eigenvalue weighted by molar-refractivity contribution is -0.131. The van der Waals surface area contributed by atoms with E-state index in [1.165, 1.54) is 4.90 Å². The van der Waals surface area contributed by atoms with Crippen LogP contribution in [-0.4, -0.2) is 34.8 Å². The van der Waals surface area contributed by atoms with Gasteiger partial charge in [0.05, 0.1) is 6.04 Å². The molecule has 1 aliphatic carbocycles. The molecule has 140 valence electrons. The van der Waals surface area contributed by atoms with Gasteiger partial charge in [-0.25, -0.2) is 4.79 Å². The van der Waals surface area contributed by atoms with E-state index in [4.69, 9.17) is 11.6 Å². The number of hydrogen-bond donors (Lipinski definition) is 2. The number of imide groups is 1. The maximum Gasteiger partial charge on any atom is 0.325 e. The van der Waals surface area contributed by atoms with Crippen LogP contribution in [0.4, 0.5) is 4.79 Å². The molecule has 2 N–H and O–H groups in total. The third-order valence-electron chi connectivity index (χ3n) is 5.21. The predicted molar refractivity (Wildman–Crippen MR) is 98.7 cm³/mol. The summed E-state index contributed by atoms with van der Waals surface area (Å²) in [7, 11) is 0. The highest BCUT2D eigenvalue weighted by molar-refractivity contribution is 6.30. The summed E-state index contributed by atoms with van der Waals surface area (Å²) >= 11 is 5.97. The zero-order chi connectivity index (χ0) is 18.7. The molecule has 7 heteroatoms. The number of rotatable bonds is 6.